The minimum Gasteiger partial charge on any atom is -0.368 e. The van der Waals surface area contributed by atoms with Crippen LogP contribution in [-0.2, 0) is 24.3 Å². The van der Waals surface area contributed by atoms with E-state index >= 15 is 0 Å². The van der Waals surface area contributed by atoms with E-state index in [0.717, 1.165) is 33.6 Å². The Bertz CT molecular complexity index is 1070. The van der Waals surface area contributed by atoms with Gasteiger partial charge in [-0.2, -0.15) is 5.10 Å². The fourth-order valence-electron chi connectivity index (χ4n) is 3.82. The smallest absolute Gasteiger partial charge is 0.265 e. The molecule has 146 valence electrons. The van der Waals surface area contributed by atoms with Gasteiger partial charge in [-0.1, -0.05) is 38.1 Å². The monoisotopic (exact) mass is 396 g/mol. The summed E-state index contributed by atoms with van der Waals surface area (Å²) >= 11 is 1.44. The highest BCUT2D eigenvalue weighted by molar-refractivity contribution is 7.20. The van der Waals surface area contributed by atoms with Crippen molar-refractivity contribution in [1.29, 1.82) is 0 Å². The van der Waals surface area contributed by atoms with Crippen molar-refractivity contribution in [1.82, 2.24) is 14.7 Å². The molecule has 2 N–H and O–H groups in total. The molecule has 2 amide bonds. The Morgan fingerprint density at radius 2 is 2.00 bits per heavy atom. The van der Waals surface area contributed by atoms with Gasteiger partial charge in [-0.3, -0.25) is 14.3 Å². The summed E-state index contributed by atoms with van der Waals surface area (Å²) in [5.41, 5.74) is 8.71. The van der Waals surface area contributed by atoms with Gasteiger partial charge in [-0.05, 0) is 30.0 Å². The Kier molecular flexibility index (Phi) is 4.71. The van der Waals surface area contributed by atoms with Gasteiger partial charge in [0, 0.05) is 24.9 Å². The van der Waals surface area contributed by atoms with Crippen LogP contribution in [0.4, 0.5) is 0 Å². The van der Waals surface area contributed by atoms with Crippen LogP contribution >= 0.6 is 11.3 Å². The topological polar surface area (TPSA) is 81.2 Å². The van der Waals surface area contributed by atoms with Crippen molar-refractivity contribution < 1.29 is 9.59 Å². The molecule has 0 saturated heterocycles. The first-order valence-corrected chi connectivity index (χ1v) is 10.3. The summed E-state index contributed by atoms with van der Waals surface area (Å²) in [5, 5.41) is 5.61. The average Bonchev–Trinajstić information content (AvgIpc) is 3.21. The van der Waals surface area contributed by atoms with E-state index < -0.39 is 11.9 Å². The zero-order chi connectivity index (χ0) is 20.0. The van der Waals surface area contributed by atoms with Gasteiger partial charge in [-0.15, -0.1) is 11.3 Å². The number of carbonyl (C=O) groups is 2. The zero-order valence-corrected chi connectivity index (χ0v) is 17.1. The lowest BCUT2D eigenvalue weighted by Gasteiger charge is -2.34. The second-order valence-corrected chi connectivity index (χ2v) is 8.85. The van der Waals surface area contributed by atoms with Crippen LogP contribution in [0.15, 0.2) is 30.3 Å². The molecule has 6 nitrogen and oxygen atoms in total. The number of carbonyl (C=O) groups excluding carboxylic acids is 2. The van der Waals surface area contributed by atoms with Crippen LogP contribution in [0.2, 0.25) is 0 Å². The number of primary amides is 1. The predicted molar refractivity (Wildman–Crippen MR) is 110 cm³/mol. The third kappa shape index (κ3) is 3.20. The number of aromatic nitrogens is 2. The average molecular weight is 397 g/mol. The van der Waals surface area contributed by atoms with Gasteiger partial charge in [-0.25, -0.2) is 0 Å². The molecule has 3 aromatic rings. The van der Waals surface area contributed by atoms with E-state index in [4.69, 9.17) is 5.73 Å². The molecule has 0 radical (unpaired) electrons. The van der Waals surface area contributed by atoms with Crippen molar-refractivity contribution in [3.63, 3.8) is 0 Å². The van der Waals surface area contributed by atoms with Crippen molar-refractivity contribution in [3.05, 3.63) is 52.0 Å². The lowest BCUT2D eigenvalue weighted by atomic mass is 9.93. The summed E-state index contributed by atoms with van der Waals surface area (Å²) in [7, 11) is 0. The molecule has 1 aliphatic rings. The van der Waals surface area contributed by atoms with Gasteiger partial charge in [0.05, 0.1) is 10.6 Å². The van der Waals surface area contributed by atoms with Crippen LogP contribution in [-0.4, -0.2) is 32.5 Å². The molecule has 0 spiro atoms. The molecule has 4 rings (SSSR count). The minimum absolute atomic E-state index is 0.144. The molecule has 1 aromatic carbocycles. The van der Waals surface area contributed by atoms with E-state index in [1.54, 1.807) is 4.90 Å². The second-order valence-electron chi connectivity index (χ2n) is 7.81. The van der Waals surface area contributed by atoms with Crippen LogP contribution < -0.4 is 5.73 Å². The Morgan fingerprint density at radius 1 is 1.29 bits per heavy atom. The summed E-state index contributed by atoms with van der Waals surface area (Å²) in [6.07, 6.45) is 0.461. The van der Waals surface area contributed by atoms with Gasteiger partial charge in [0.25, 0.3) is 5.91 Å². The second kappa shape index (κ2) is 7.05. The largest absolute Gasteiger partial charge is 0.368 e. The van der Waals surface area contributed by atoms with Crippen LogP contribution in [0.3, 0.4) is 0 Å². The first kappa shape index (κ1) is 18.7. The van der Waals surface area contributed by atoms with Gasteiger partial charge in [0.15, 0.2) is 0 Å². The van der Waals surface area contributed by atoms with Crippen molar-refractivity contribution >= 4 is 33.4 Å². The third-order valence-corrected chi connectivity index (χ3v) is 6.33. The number of nitrogens with zero attached hydrogens (tertiary/aromatic N) is 3. The predicted octanol–water partition coefficient (Wildman–Crippen LogP) is 3.11. The molecular weight excluding hydrogens is 372 g/mol. The molecular formula is C21H24N4O2S. The number of hydrogen-bond acceptors (Lipinski definition) is 4. The Labute approximate surface area is 167 Å². The van der Waals surface area contributed by atoms with Crippen LogP contribution in [0.5, 0.6) is 0 Å². The maximum Gasteiger partial charge on any atom is 0.265 e. The first-order valence-electron chi connectivity index (χ1n) is 9.49. The fraction of sp³-hybridized carbons (Fsp3) is 0.381. The summed E-state index contributed by atoms with van der Waals surface area (Å²) in [4.78, 5) is 28.7. The number of fused-ring (bicyclic) bond motifs is 2. The normalized spacial score (nSPS) is 16.6. The number of nitrogens with two attached hydrogens (primary N) is 1. The van der Waals surface area contributed by atoms with E-state index in [-0.39, 0.29) is 5.91 Å². The molecule has 2 aromatic heterocycles. The van der Waals surface area contributed by atoms with Gasteiger partial charge < -0.3 is 10.6 Å². The molecule has 7 heteroatoms. The van der Waals surface area contributed by atoms with Crippen LogP contribution in [0.1, 0.15) is 40.3 Å². The van der Waals surface area contributed by atoms with Gasteiger partial charge in [0.2, 0.25) is 5.91 Å². The highest BCUT2D eigenvalue weighted by Crippen LogP contribution is 2.32. The van der Waals surface area contributed by atoms with Crippen LogP contribution in [0, 0.1) is 12.8 Å². The summed E-state index contributed by atoms with van der Waals surface area (Å²) in [6.45, 7) is 7.45. The molecule has 0 bridgehead atoms. The Hall–Kier alpha value is -2.67. The summed E-state index contributed by atoms with van der Waals surface area (Å²) < 4.78 is 1.98. The molecule has 1 atom stereocenters. The number of thiophene rings is 1. The number of aryl methyl sites for hydroxylation is 1. The molecule has 0 fully saturated rings. The van der Waals surface area contributed by atoms with Crippen molar-refractivity contribution in [2.75, 3.05) is 0 Å². The maximum absolute atomic E-state index is 13.3. The maximum atomic E-state index is 13.3. The SMILES string of the molecule is Cc1nn(CC(C)C)c2sc(C(=O)N3Cc4ccccc4CC3C(N)=O)cc12. The Morgan fingerprint density at radius 3 is 2.68 bits per heavy atom. The number of rotatable bonds is 4. The van der Waals surface area contributed by atoms with Crippen molar-refractivity contribution in [2.45, 2.75) is 46.3 Å². The molecule has 0 aliphatic carbocycles. The van der Waals surface area contributed by atoms with E-state index in [1.165, 1.54) is 11.3 Å². The third-order valence-electron chi connectivity index (χ3n) is 5.19. The van der Waals surface area contributed by atoms with Gasteiger partial charge >= 0.3 is 0 Å². The fourth-order valence-corrected chi connectivity index (χ4v) is 4.95. The Balaban J connectivity index is 1.71. The number of amides is 2. The van der Waals surface area contributed by atoms with Crippen LogP contribution in [0.25, 0.3) is 10.2 Å². The highest BCUT2D eigenvalue weighted by atomic mass is 32.1. The molecule has 1 unspecified atom stereocenters. The zero-order valence-electron chi connectivity index (χ0n) is 16.3. The number of benzene rings is 1. The summed E-state index contributed by atoms with van der Waals surface area (Å²) in [5.74, 6) is -0.150. The van der Waals surface area contributed by atoms with Gasteiger partial charge in [0.1, 0.15) is 10.9 Å². The highest BCUT2D eigenvalue weighted by Gasteiger charge is 2.34. The molecule has 28 heavy (non-hydrogen) atoms. The van der Waals surface area contributed by atoms with E-state index in [1.807, 2.05) is 41.9 Å². The summed E-state index contributed by atoms with van der Waals surface area (Å²) in [6, 6.07) is 9.18. The minimum atomic E-state index is -0.624. The molecule has 1 aliphatic heterocycles. The van der Waals surface area contributed by atoms with Crippen molar-refractivity contribution in [2.24, 2.45) is 11.7 Å². The molecule has 0 saturated carbocycles. The first-order chi connectivity index (χ1) is 13.3. The lowest BCUT2D eigenvalue weighted by Crippen LogP contribution is -2.51. The van der Waals surface area contributed by atoms with E-state index in [9.17, 15) is 9.59 Å². The molecule has 3 heterocycles. The lowest BCUT2D eigenvalue weighted by molar-refractivity contribution is -0.122. The van der Waals surface area contributed by atoms with E-state index in [2.05, 4.69) is 18.9 Å². The van der Waals surface area contributed by atoms with Crippen molar-refractivity contribution in [3.8, 4) is 0 Å². The quantitative estimate of drug-likeness (QED) is 0.736. The number of hydrogen-bond donors (Lipinski definition) is 1. The van der Waals surface area contributed by atoms with E-state index in [0.29, 0.717) is 23.8 Å². The standard InChI is InChI=1S/C21H24N4O2S/c1-12(2)10-25-21-16(13(3)23-25)9-18(28-21)20(27)24-11-15-7-5-4-6-14(15)8-17(24)19(22)26/h4-7,9,12,17H,8,10-11H2,1-3H3,(H2,22,26).